The Balaban J connectivity index is 1.61. The highest BCUT2D eigenvalue weighted by Crippen LogP contribution is 2.42. The molecule has 3 heteroatoms. The van der Waals surface area contributed by atoms with E-state index in [-0.39, 0.29) is 0 Å². The van der Waals surface area contributed by atoms with Gasteiger partial charge >= 0.3 is 0 Å². The molecule has 0 aromatic rings. The minimum atomic E-state index is 0.342. The van der Waals surface area contributed by atoms with Crippen molar-refractivity contribution in [2.24, 2.45) is 17.6 Å². The Bertz CT molecular complexity index is 284. The van der Waals surface area contributed by atoms with E-state index in [1.54, 1.807) is 0 Å². The standard InChI is InChI=1S/C16H31N3/c1-2-8-18-9-6-16(13-17,7-10-18)19-11-14-4-3-5-15(14)12-19/h14-15H,2-13,17H2,1H3. The van der Waals surface area contributed by atoms with Crippen LogP contribution in [0.5, 0.6) is 0 Å². The zero-order valence-corrected chi connectivity index (χ0v) is 12.6. The van der Waals surface area contributed by atoms with Gasteiger partial charge in [-0.15, -0.1) is 0 Å². The van der Waals surface area contributed by atoms with Crippen LogP contribution in [0, 0.1) is 11.8 Å². The van der Waals surface area contributed by atoms with Gasteiger partial charge in [0.25, 0.3) is 0 Å². The van der Waals surface area contributed by atoms with Crippen LogP contribution in [0.1, 0.15) is 45.4 Å². The van der Waals surface area contributed by atoms with Crippen LogP contribution in [-0.4, -0.2) is 54.6 Å². The molecule has 0 amide bonds. The quantitative estimate of drug-likeness (QED) is 0.843. The first-order chi connectivity index (χ1) is 9.27. The zero-order valence-electron chi connectivity index (χ0n) is 12.6. The summed E-state index contributed by atoms with van der Waals surface area (Å²) in [5.41, 5.74) is 6.57. The highest BCUT2D eigenvalue weighted by molar-refractivity contribution is 5.02. The zero-order chi connectivity index (χ0) is 13.3. The number of hydrogen-bond acceptors (Lipinski definition) is 3. The Labute approximate surface area is 118 Å². The molecule has 1 saturated carbocycles. The van der Waals surface area contributed by atoms with E-state index in [0.29, 0.717) is 5.54 Å². The van der Waals surface area contributed by atoms with Gasteiger partial charge in [-0.25, -0.2) is 0 Å². The first-order valence-corrected chi connectivity index (χ1v) is 8.45. The lowest BCUT2D eigenvalue weighted by molar-refractivity contribution is 0.0380. The smallest absolute Gasteiger partial charge is 0.0356 e. The van der Waals surface area contributed by atoms with Gasteiger partial charge in [0.2, 0.25) is 0 Å². The summed E-state index contributed by atoms with van der Waals surface area (Å²) < 4.78 is 0. The molecule has 2 N–H and O–H groups in total. The molecule has 2 atom stereocenters. The summed E-state index contributed by atoms with van der Waals surface area (Å²) in [4.78, 5) is 5.43. The third-order valence-electron chi connectivity index (χ3n) is 6.10. The highest BCUT2D eigenvalue weighted by Gasteiger charge is 2.46. The van der Waals surface area contributed by atoms with Crippen LogP contribution in [-0.2, 0) is 0 Å². The van der Waals surface area contributed by atoms with E-state index >= 15 is 0 Å². The maximum atomic E-state index is 6.23. The molecule has 0 radical (unpaired) electrons. The number of fused-ring (bicyclic) bond motifs is 1. The third kappa shape index (κ3) is 2.57. The monoisotopic (exact) mass is 265 g/mol. The van der Waals surface area contributed by atoms with Gasteiger partial charge in [-0.2, -0.15) is 0 Å². The Kier molecular flexibility index (Phi) is 4.16. The van der Waals surface area contributed by atoms with Crippen molar-refractivity contribution in [1.29, 1.82) is 0 Å². The van der Waals surface area contributed by atoms with Crippen molar-refractivity contribution in [1.82, 2.24) is 9.80 Å². The molecule has 2 unspecified atom stereocenters. The fraction of sp³-hybridized carbons (Fsp3) is 1.00. The van der Waals surface area contributed by atoms with Crippen LogP contribution >= 0.6 is 0 Å². The number of piperidine rings is 1. The van der Waals surface area contributed by atoms with Crippen molar-refractivity contribution in [2.75, 3.05) is 39.3 Å². The van der Waals surface area contributed by atoms with Crippen molar-refractivity contribution in [3.05, 3.63) is 0 Å². The van der Waals surface area contributed by atoms with Crippen molar-refractivity contribution in [3.63, 3.8) is 0 Å². The van der Waals surface area contributed by atoms with E-state index in [1.807, 2.05) is 0 Å². The lowest BCUT2D eigenvalue weighted by atomic mass is 9.85. The van der Waals surface area contributed by atoms with Crippen LogP contribution in [0.4, 0.5) is 0 Å². The van der Waals surface area contributed by atoms with Gasteiger partial charge in [-0.3, -0.25) is 4.90 Å². The van der Waals surface area contributed by atoms with E-state index in [4.69, 9.17) is 5.73 Å². The van der Waals surface area contributed by atoms with Crippen LogP contribution < -0.4 is 5.73 Å². The van der Waals surface area contributed by atoms with Gasteiger partial charge < -0.3 is 10.6 Å². The van der Waals surface area contributed by atoms with Crippen LogP contribution in [0.2, 0.25) is 0 Å². The van der Waals surface area contributed by atoms with Crippen molar-refractivity contribution < 1.29 is 0 Å². The summed E-state index contributed by atoms with van der Waals surface area (Å²) in [5.74, 6) is 1.99. The Morgan fingerprint density at radius 1 is 1.11 bits per heavy atom. The summed E-state index contributed by atoms with van der Waals surface area (Å²) >= 11 is 0. The van der Waals surface area contributed by atoms with E-state index in [0.717, 1.165) is 18.4 Å². The van der Waals surface area contributed by atoms with Crippen LogP contribution in [0.15, 0.2) is 0 Å². The number of likely N-dealkylation sites (tertiary alicyclic amines) is 2. The predicted molar refractivity (Wildman–Crippen MR) is 80.2 cm³/mol. The maximum Gasteiger partial charge on any atom is 0.0356 e. The summed E-state index contributed by atoms with van der Waals surface area (Å²) in [5, 5.41) is 0. The van der Waals surface area contributed by atoms with Gasteiger partial charge in [-0.1, -0.05) is 13.3 Å². The fourth-order valence-corrected chi connectivity index (χ4v) is 4.78. The summed E-state index contributed by atoms with van der Waals surface area (Å²) in [6, 6.07) is 0. The molecule has 3 fully saturated rings. The van der Waals surface area contributed by atoms with Gasteiger partial charge in [0.15, 0.2) is 0 Å². The lowest BCUT2D eigenvalue weighted by Gasteiger charge is -2.47. The normalized spacial score (nSPS) is 35.7. The molecule has 3 nitrogen and oxygen atoms in total. The highest BCUT2D eigenvalue weighted by atomic mass is 15.3. The predicted octanol–water partition coefficient (Wildman–Crippen LogP) is 1.92. The molecule has 1 aliphatic carbocycles. The van der Waals surface area contributed by atoms with Crippen molar-refractivity contribution in [3.8, 4) is 0 Å². The summed E-state index contributed by atoms with van der Waals surface area (Å²) in [6.07, 6.45) is 8.30. The Morgan fingerprint density at radius 2 is 1.74 bits per heavy atom. The molecule has 0 bridgehead atoms. The largest absolute Gasteiger partial charge is 0.329 e. The number of rotatable bonds is 4. The van der Waals surface area contributed by atoms with Gasteiger partial charge in [-0.05, 0) is 63.6 Å². The first-order valence-electron chi connectivity index (χ1n) is 8.45. The van der Waals surface area contributed by atoms with Crippen LogP contribution in [0.3, 0.4) is 0 Å². The van der Waals surface area contributed by atoms with E-state index in [2.05, 4.69) is 16.7 Å². The van der Waals surface area contributed by atoms with Gasteiger partial charge in [0.1, 0.15) is 0 Å². The van der Waals surface area contributed by atoms with Gasteiger partial charge in [0.05, 0.1) is 0 Å². The minimum absolute atomic E-state index is 0.342. The molecule has 0 spiro atoms. The molecular weight excluding hydrogens is 234 g/mol. The molecule has 3 aliphatic rings. The van der Waals surface area contributed by atoms with Crippen molar-refractivity contribution >= 4 is 0 Å². The molecule has 2 heterocycles. The second-order valence-electron chi connectivity index (χ2n) is 7.13. The fourth-order valence-electron chi connectivity index (χ4n) is 4.78. The SMILES string of the molecule is CCCN1CCC(CN)(N2CC3CCCC3C2)CC1. The average Bonchev–Trinajstić information content (AvgIpc) is 3.01. The van der Waals surface area contributed by atoms with Gasteiger partial charge in [0, 0.05) is 25.2 Å². The van der Waals surface area contributed by atoms with Crippen LogP contribution in [0.25, 0.3) is 0 Å². The number of hydrogen-bond donors (Lipinski definition) is 1. The molecule has 2 saturated heterocycles. The summed E-state index contributed by atoms with van der Waals surface area (Å²) in [6.45, 7) is 9.63. The summed E-state index contributed by atoms with van der Waals surface area (Å²) in [7, 11) is 0. The molecule has 110 valence electrons. The topological polar surface area (TPSA) is 32.5 Å². The lowest BCUT2D eigenvalue weighted by Crippen LogP contribution is -2.59. The Morgan fingerprint density at radius 3 is 2.26 bits per heavy atom. The molecule has 19 heavy (non-hydrogen) atoms. The van der Waals surface area contributed by atoms with E-state index in [9.17, 15) is 0 Å². The minimum Gasteiger partial charge on any atom is -0.329 e. The second-order valence-corrected chi connectivity index (χ2v) is 7.13. The molecule has 2 aliphatic heterocycles. The number of nitrogens with zero attached hydrogens (tertiary/aromatic N) is 2. The molecule has 0 aromatic carbocycles. The van der Waals surface area contributed by atoms with Crippen molar-refractivity contribution in [2.45, 2.75) is 51.0 Å². The first kappa shape index (κ1) is 13.8. The maximum absolute atomic E-state index is 6.23. The molecule has 0 aromatic heterocycles. The third-order valence-corrected chi connectivity index (χ3v) is 6.10. The number of nitrogens with two attached hydrogens (primary N) is 1. The Hall–Kier alpha value is -0.120. The molecular formula is C16H31N3. The average molecular weight is 265 g/mol. The van der Waals surface area contributed by atoms with E-state index in [1.165, 1.54) is 71.2 Å². The second kappa shape index (κ2) is 5.71. The molecule has 3 rings (SSSR count). The van der Waals surface area contributed by atoms with E-state index < -0.39 is 0 Å².